The number of amides is 3. The molecule has 0 atom stereocenters. The molecule has 6 heteroatoms. The summed E-state index contributed by atoms with van der Waals surface area (Å²) < 4.78 is 13.3. The molecule has 1 heterocycles. The van der Waals surface area contributed by atoms with Gasteiger partial charge in [-0.1, -0.05) is 126 Å². The molecule has 3 amide bonds. The second-order valence-electron chi connectivity index (χ2n) is 13.1. The van der Waals surface area contributed by atoms with Crippen LogP contribution in [0.15, 0.2) is 103 Å². The number of urea groups is 1. The molecule has 1 saturated heterocycles. The largest absolute Gasteiger partial charge is 0.485 e. The van der Waals surface area contributed by atoms with E-state index in [1.807, 2.05) is 66.7 Å². The van der Waals surface area contributed by atoms with Crippen LogP contribution in [0.5, 0.6) is 11.5 Å². The molecule has 1 N–H and O–H groups in total. The number of nitrogens with zero attached hydrogens (tertiary/aromatic N) is 1. The Kier molecular flexibility index (Phi) is 8.63. The number of anilines is 1. The molecule has 4 aromatic carbocycles. The summed E-state index contributed by atoms with van der Waals surface area (Å²) in [6.45, 7) is 13.5. The van der Waals surface area contributed by atoms with Crippen LogP contribution in [-0.2, 0) is 28.8 Å². The van der Waals surface area contributed by atoms with E-state index in [0.29, 0.717) is 36.0 Å². The maximum atomic E-state index is 13.7. The third-order valence-electron chi connectivity index (χ3n) is 7.52. The predicted octanol–water partition coefficient (Wildman–Crippen LogP) is 8.54. The van der Waals surface area contributed by atoms with Crippen molar-refractivity contribution in [3.05, 3.63) is 131 Å². The van der Waals surface area contributed by atoms with Gasteiger partial charge in [-0.2, -0.15) is 0 Å². The number of ether oxygens (including phenoxy) is 2. The van der Waals surface area contributed by atoms with Crippen LogP contribution in [0.2, 0.25) is 0 Å². The Labute approximate surface area is 260 Å². The number of carbonyl (C=O) groups is 2. The summed E-state index contributed by atoms with van der Waals surface area (Å²) in [5.74, 6) is 0.727. The van der Waals surface area contributed by atoms with E-state index in [-0.39, 0.29) is 16.5 Å². The molecule has 0 aromatic heterocycles. The fraction of sp³-hybridized carbons (Fsp3) is 0.263. The SMILES string of the molecule is CC(C)(C)c1cc(C(C)(C)C)c(OCc2ccccc2)c(OCc2ccccc2)c1/C=C1\NC(=O)N(c2ccccc2)C1=O. The molecule has 226 valence electrons. The zero-order valence-corrected chi connectivity index (χ0v) is 26.3. The number of nitrogens with one attached hydrogen (secondary N) is 1. The number of rotatable bonds is 8. The predicted molar refractivity (Wildman–Crippen MR) is 176 cm³/mol. The smallest absolute Gasteiger partial charge is 0.333 e. The average Bonchev–Trinajstić information content (AvgIpc) is 3.27. The van der Waals surface area contributed by atoms with E-state index in [1.54, 1.807) is 30.3 Å². The molecule has 0 aliphatic carbocycles. The third-order valence-corrected chi connectivity index (χ3v) is 7.52. The monoisotopic (exact) mass is 588 g/mol. The van der Waals surface area contributed by atoms with Crippen molar-refractivity contribution >= 4 is 23.7 Å². The van der Waals surface area contributed by atoms with Crippen molar-refractivity contribution in [2.24, 2.45) is 0 Å². The Bertz CT molecular complexity index is 1670. The summed E-state index contributed by atoms with van der Waals surface area (Å²) in [6, 6.07) is 30.5. The Morgan fingerprint density at radius 3 is 1.64 bits per heavy atom. The van der Waals surface area contributed by atoms with Crippen LogP contribution in [-0.4, -0.2) is 11.9 Å². The molecule has 0 unspecified atom stereocenters. The Morgan fingerprint density at radius 1 is 0.659 bits per heavy atom. The van der Waals surface area contributed by atoms with Crippen LogP contribution >= 0.6 is 0 Å². The lowest BCUT2D eigenvalue weighted by Gasteiger charge is -2.31. The van der Waals surface area contributed by atoms with Crippen molar-refractivity contribution in [1.82, 2.24) is 5.32 Å². The van der Waals surface area contributed by atoms with Gasteiger partial charge in [0.25, 0.3) is 5.91 Å². The van der Waals surface area contributed by atoms with Crippen LogP contribution in [0.3, 0.4) is 0 Å². The molecule has 6 nitrogen and oxygen atoms in total. The van der Waals surface area contributed by atoms with Gasteiger partial charge in [0.05, 0.1) is 5.69 Å². The van der Waals surface area contributed by atoms with E-state index >= 15 is 0 Å². The van der Waals surface area contributed by atoms with Crippen LogP contribution in [0.1, 0.15) is 69.4 Å². The number of carbonyl (C=O) groups excluding carboxylic acids is 2. The van der Waals surface area contributed by atoms with Crippen molar-refractivity contribution in [2.45, 2.75) is 65.6 Å². The molecule has 1 fully saturated rings. The highest BCUT2D eigenvalue weighted by Crippen LogP contribution is 2.47. The fourth-order valence-electron chi connectivity index (χ4n) is 5.21. The molecular formula is C38H40N2O4. The highest BCUT2D eigenvalue weighted by molar-refractivity contribution is 6.28. The average molecular weight is 589 g/mol. The van der Waals surface area contributed by atoms with Gasteiger partial charge in [-0.25, -0.2) is 9.69 Å². The summed E-state index contributed by atoms with van der Waals surface area (Å²) in [5, 5.41) is 2.80. The summed E-state index contributed by atoms with van der Waals surface area (Å²) in [7, 11) is 0. The van der Waals surface area contributed by atoms with E-state index in [9.17, 15) is 9.59 Å². The minimum atomic E-state index is -0.497. The first-order valence-corrected chi connectivity index (χ1v) is 14.9. The lowest BCUT2D eigenvalue weighted by molar-refractivity contribution is -0.113. The Hall–Kier alpha value is -4.84. The first-order chi connectivity index (χ1) is 20.9. The van der Waals surface area contributed by atoms with Crippen molar-refractivity contribution in [2.75, 3.05) is 4.90 Å². The first kappa shape index (κ1) is 30.6. The van der Waals surface area contributed by atoms with Crippen LogP contribution in [0, 0.1) is 0 Å². The highest BCUT2D eigenvalue weighted by Gasteiger charge is 2.37. The van der Waals surface area contributed by atoms with E-state index < -0.39 is 11.9 Å². The number of hydrogen-bond donors (Lipinski definition) is 1. The zero-order valence-electron chi connectivity index (χ0n) is 26.3. The summed E-state index contributed by atoms with van der Waals surface area (Å²) in [4.78, 5) is 27.9. The minimum Gasteiger partial charge on any atom is -0.485 e. The quantitative estimate of drug-likeness (QED) is 0.165. The summed E-state index contributed by atoms with van der Waals surface area (Å²) >= 11 is 0. The normalized spacial score (nSPS) is 14.6. The number of imide groups is 1. The molecule has 0 spiro atoms. The van der Waals surface area contributed by atoms with Crippen molar-refractivity contribution in [1.29, 1.82) is 0 Å². The molecule has 5 rings (SSSR count). The molecule has 0 bridgehead atoms. The number of para-hydroxylation sites is 1. The molecule has 0 radical (unpaired) electrons. The molecular weight excluding hydrogens is 548 g/mol. The van der Waals surface area contributed by atoms with Gasteiger partial charge in [0.2, 0.25) is 0 Å². The third kappa shape index (κ3) is 6.70. The van der Waals surface area contributed by atoms with Crippen LogP contribution in [0.4, 0.5) is 10.5 Å². The van der Waals surface area contributed by atoms with Gasteiger partial charge in [-0.05, 0) is 45.7 Å². The topological polar surface area (TPSA) is 67.9 Å². The van der Waals surface area contributed by atoms with Gasteiger partial charge in [-0.3, -0.25) is 4.79 Å². The van der Waals surface area contributed by atoms with Crippen molar-refractivity contribution in [3.8, 4) is 11.5 Å². The number of hydrogen-bond acceptors (Lipinski definition) is 4. The van der Waals surface area contributed by atoms with Crippen molar-refractivity contribution < 1.29 is 19.1 Å². The lowest BCUT2D eigenvalue weighted by atomic mass is 9.77. The van der Waals surface area contributed by atoms with Gasteiger partial charge in [0.1, 0.15) is 18.9 Å². The minimum absolute atomic E-state index is 0.173. The highest BCUT2D eigenvalue weighted by atomic mass is 16.5. The first-order valence-electron chi connectivity index (χ1n) is 14.9. The Balaban J connectivity index is 1.71. The van der Waals surface area contributed by atoms with E-state index in [4.69, 9.17) is 9.47 Å². The van der Waals surface area contributed by atoms with E-state index in [2.05, 4.69) is 52.9 Å². The standard InChI is InChI=1S/C38H40N2O4/c1-37(2,3)30-23-31(38(4,5)6)34(44-25-27-18-12-8-13-19-27)33(43-24-26-16-10-7-11-17-26)29(30)22-32-35(41)40(36(42)39-32)28-20-14-9-15-21-28/h7-23H,24-25H2,1-6H3,(H,39,42)/b32-22-. The summed E-state index contributed by atoms with van der Waals surface area (Å²) in [5.41, 5.74) is 4.75. The lowest BCUT2D eigenvalue weighted by Crippen LogP contribution is -2.30. The van der Waals surface area contributed by atoms with Crippen LogP contribution in [0.25, 0.3) is 6.08 Å². The maximum absolute atomic E-state index is 13.7. The second kappa shape index (κ2) is 12.4. The van der Waals surface area contributed by atoms with E-state index in [1.165, 1.54) is 0 Å². The summed E-state index contributed by atoms with van der Waals surface area (Å²) in [6.07, 6.45) is 1.74. The molecule has 1 aliphatic rings. The molecule has 1 aliphatic heterocycles. The second-order valence-corrected chi connectivity index (χ2v) is 13.1. The fourth-order valence-corrected chi connectivity index (χ4v) is 5.21. The molecule has 4 aromatic rings. The number of benzene rings is 4. The van der Waals surface area contributed by atoms with Gasteiger partial charge >= 0.3 is 6.03 Å². The van der Waals surface area contributed by atoms with Gasteiger partial charge < -0.3 is 14.8 Å². The molecule has 0 saturated carbocycles. The van der Waals surface area contributed by atoms with Gasteiger partial charge in [0, 0.05) is 11.1 Å². The van der Waals surface area contributed by atoms with E-state index in [0.717, 1.165) is 27.2 Å². The van der Waals surface area contributed by atoms with Gasteiger partial charge in [-0.15, -0.1) is 0 Å². The van der Waals surface area contributed by atoms with Gasteiger partial charge in [0.15, 0.2) is 11.5 Å². The zero-order chi connectivity index (χ0) is 31.5. The molecule has 44 heavy (non-hydrogen) atoms. The Morgan fingerprint density at radius 2 is 1.14 bits per heavy atom. The van der Waals surface area contributed by atoms with Crippen LogP contribution < -0.4 is 19.7 Å². The maximum Gasteiger partial charge on any atom is 0.333 e. The van der Waals surface area contributed by atoms with Crippen molar-refractivity contribution in [3.63, 3.8) is 0 Å².